The monoisotopic (exact) mass is 1430 g/mol. The molecule has 9 rings (SSSR count). The molecule has 0 radical (unpaired) electrons. The Morgan fingerprint density at radius 3 is 0.857 bits per heavy atom. The van der Waals surface area contributed by atoms with Crippen LogP contribution in [0.25, 0.3) is 32.9 Å². The van der Waals surface area contributed by atoms with Crippen molar-refractivity contribution in [3.8, 4) is 52.7 Å². The standard InChI is InChI=1S/C84H89N3O18/c85-55-63-49-66(34-37-73(63)82(91)100-69-31-25-60-28-40-79(88)103-76(60)52-69)96-45-21-15-9-3-1-7-13-19-43-94-58-72(99-48-24-18-12-6-5-11-17-23-47-98-68-36-39-75(65(51-68)57-87)84(93)102-71-33-27-62-30-42-81(90)105-78(62)54-71)59-95-44-20-14-8-2-4-10-16-22-46-97-67-35-38-74(64(50-67)56-86)83(92)101-70-32-26-61-29-41-80(89)104-77(61)53-70/h25-42,49-54,72H,1-24,43-48,58-59H2. The number of fused-ring (bicyclic) bond motifs is 3. The minimum atomic E-state index is -0.708. The normalized spacial score (nSPS) is 11.1. The number of unbranched alkanes of at least 4 members (excludes halogenated alkanes) is 21. The number of nitriles is 3. The van der Waals surface area contributed by atoms with E-state index in [0.717, 1.165) is 154 Å². The van der Waals surface area contributed by atoms with Gasteiger partial charge in [0, 0.05) is 72.4 Å². The van der Waals surface area contributed by atoms with Crippen LogP contribution in [0.1, 0.15) is 202 Å². The highest BCUT2D eigenvalue weighted by Gasteiger charge is 2.20. The van der Waals surface area contributed by atoms with Crippen LogP contribution in [0.2, 0.25) is 0 Å². The summed E-state index contributed by atoms with van der Waals surface area (Å²) in [6, 6.07) is 43.4. The second kappa shape index (κ2) is 43.3. The molecule has 0 bridgehead atoms. The summed E-state index contributed by atoms with van der Waals surface area (Å²) in [4.78, 5) is 73.9. The van der Waals surface area contributed by atoms with Crippen molar-refractivity contribution < 1.29 is 70.3 Å². The zero-order chi connectivity index (χ0) is 73.6. The molecular weight excluding hydrogens is 1340 g/mol. The first-order valence-electron chi connectivity index (χ1n) is 36.5. The maximum absolute atomic E-state index is 13.0. The summed E-state index contributed by atoms with van der Waals surface area (Å²) in [7, 11) is 0. The van der Waals surface area contributed by atoms with E-state index in [1.54, 1.807) is 91.0 Å². The summed E-state index contributed by atoms with van der Waals surface area (Å²) in [5.74, 6) is -0.0549. The Balaban J connectivity index is 0.602. The van der Waals surface area contributed by atoms with Crippen molar-refractivity contribution in [1.82, 2.24) is 0 Å². The van der Waals surface area contributed by atoms with Crippen molar-refractivity contribution in [3.63, 3.8) is 0 Å². The van der Waals surface area contributed by atoms with Gasteiger partial charge in [0.25, 0.3) is 0 Å². The first-order valence-corrected chi connectivity index (χ1v) is 36.5. The van der Waals surface area contributed by atoms with Gasteiger partial charge in [-0.25, -0.2) is 28.8 Å². The van der Waals surface area contributed by atoms with E-state index in [2.05, 4.69) is 18.2 Å². The average molecular weight is 1430 g/mol. The molecule has 0 atom stereocenters. The van der Waals surface area contributed by atoms with Crippen molar-refractivity contribution in [3.05, 3.63) is 210 Å². The molecule has 105 heavy (non-hydrogen) atoms. The van der Waals surface area contributed by atoms with E-state index in [1.165, 1.54) is 54.6 Å². The molecule has 0 spiro atoms. The van der Waals surface area contributed by atoms with Gasteiger partial charge in [-0.15, -0.1) is 0 Å². The number of ether oxygens (including phenoxy) is 9. The molecule has 0 saturated carbocycles. The van der Waals surface area contributed by atoms with E-state index < -0.39 is 34.8 Å². The molecule has 0 aliphatic rings. The predicted octanol–water partition coefficient (Wildman–Crippen LogP) is 17.6. The molecule has 0 saturated heterocycles. The third-order valence-corrected chi connectivity index (χ3v) is 17.6. The van der Waals surface area contributed by atoms with Crippen LogP contribution in [0.15, 0.2) is 173 Å². The maximum Gasteiger partial charge on any atom is 0.344 e. The van der Waals surface area contributed by atoms with Gasteiger partial charge in [0.15, 0.2) is 0 Å². The van der Waals surface area contributed by atoms with Crippen molar-refractivity contribution in [1.29, 1.82) is 15.8 Å². The molecule has 548 valence electrons. The van der Waals surface area contributed by atoms with E-state index in [9.17, 15) is 44.6 Å². The van der Waals surface area contributed by atoms with E-state index in [4.69, 9.17) is 55.9 Å². The van der Waals surface area contributed by atoms with Gasteiger partial charge in [-0.3, -0.25) is 0 Å². The van der Waals surface area contributed by atoms with E-state index in [0.29, 0.717) is 86.3 Å². The smallest absolute Gasteiger partial charge is 0.344 e. The van der Waals surface area contributed by atoms with Crippen LogP contribution in [-0.2, 0) is 14.2 Å². The molecule has 0 fully saturated rings. The number of hydrogen-bond donors (Lipinski definition) is 0. The lowest BCUT2D eigenvalue weighted by Crippen LogP contribution is -2.26. The quantitative estimate of drug-likeness (QED) is 0.0148. The van der Waals surface area contributed by atoms with Gasteiger partial charge in [-0.05, 0) is 148 Å². The zero-order valence-corrected chi connectivity index (χ0v) is 59.3. The second-order valence-electron chi connectivity index (χ2n) is 25.7. The molecule has 3 aromatic heterocycles. The number of hydrogen-bond acceptors (Lipinski definition) is 21. The molecule has 21 heteroatoms. The molecule has 21 nitrogen and oxygen atoms in total. The number of nitrogens with zero attached hydrogens (tertiary/aromatic N) is 3. The summed E-state index contributed by atoms with van der Waals surface area (Å²) in [5, 5.41) is 31.5. The number of carbonyl (C=O) groups excluding carboxylic acids is 3. The highest BCUT2D eigenvalue weighted by Crippen LogP contribution is 2.28. The summed E-state index contributed by atoms with van der Waals surface area (Å²) in [6.07, 6.45) is 25.1. The average Bonchev–Trinajstić information content (AvgIpc) is 0.831. The highest BCUT2D eigenvalue weighted by atomic mass is 16.6. The third kappa shape index (κ3) is 26.4. The van der Waals surface area contributed by atoms with E-state index in [1.807, 2.05) is 0 Å². The minimum Gasteiger partial charge on any atom is -0.494 e. The Bertz CT molecular complexity index is 4440. The topological polar surface area (TPSA) is 296 Å². The van der Waals surface area contributed by atoms with Gasteiger partial charge >= 0.3 is 34.8 Å². The molecule has 0 aliphatic carbocycles. The van der Waals surface area contributed by atoms with E-state index in [-0.39, 0.29) is 73.5 Å². The first-order chi connectivity index (χ1) is 51.4. The fourth-order valence-electron chi connectivity index (χ4n) is 11.8. The number of rotatable bonds is 47. The van der Waals surface area contributed by atoms with Gasteiger partial charge < -0.3 is 55.9 Å². The fraction of sp³-hybridized carbons (Fsp3) is 0.393. The van der Waals surface area contributed by atoms with Crippen molar-refractivity contribution in [2.45, 2.75) is 160 Å². The van der Waals surface area contributed by atoms with Gasteiger partial charge in [-0.2, -0.15) is 15.8 Å². The molecule has 0 N–H and O–H groups in total. The van der Waals surface area contributed by atoms with Crippen LogP contribution in [-0.4, -0.2) is 76.9 Å². The minimum absolute atomic E-state index is 0.102. The Morgan fingerprint density at radius 1 is 0.305 bits per heavy atom. The molecule has 0 amide bonds. The molecular formula is C84H89N3O18. The second-order valence-corrected chi connectivity index (χ2v) is 25.7. The van der Waals surface area contributed by atoms with Crippen molar-refractivity contribution in [2.75, 3.05) is 52.9 Å². The largest absolute Gasteiger partial charge is 0.494 e. The Labute approximate surface area is 610 Å². The van der Waals surface area contributed by atoms with Crippen LogP contribution < -0.4 is 45.3 Å². The van der Waals surface area contributed by atoms with Crippen molar-refractivity contribution >= 4 is 50.8 Å². The van der Waals surface area contributed by atoms with Crippen LogP contribution in [0.4, 0.5) is 0 Å². The summed E-state index contributed by atoms with van der Waals surface area (Å²) in [6.45, 7) is 4.41. The molecule has 3 heterocycles. The molecule has 0 unspecified atom stereocenters. The predicted molar refractivity (Wildman–Crippen MR) is 394 cm³/mol. The Hall–Kier alpha value is -10.9. The molecule has 6 aromatic carbocycles. The SMILES string of the molecule is N#Cc1cc(OCCCCCCCCCCOCC(COCCCCCCCCCCOc2ccc(C(=O)Oc3ccc4ccc(=O)oc4c3)c(C#N)c2)OCCCCCCCCCCOc2ccc(C(=O)Oc3ccc4ccc(=O)oc4c3)c(C#N)c2)ccc1C(=O)Oc1ccc2ccc(=O)oc2c1. The van der Waals surface area contributed by atoms with Gasteiger partial charge in [0.2, 0.25) is 0 Å². The van der Waals surface area contributed by atoms with Gasteiger partial charge in [0.1, 0.15) is 75.6 Å². The number of carbonyl (C=O) groups is 3. The van der Waals surface area contributed by atoms with Gasteiger partial charge in [-0.1, -0.05) is 116 Å². The lowest BCUT2D eigenvalue weighted by molar-refractivity contribution is -0.0616. The van der Waals surface area contributed by atoms with Crippen LogP contribution >= 0.6 is 0 Å². The number of esters is 3. The molecule has 9 aromatic rings. The zero-order valence-electron chi connectivity index (χ0n) is 59.3. The van der Waals surface area contributed by atoms with Crippen molar-refractivity contribution in [2.24, 2.45) is 0 Å². The fourth-order valence-corrected chi connectivity index (χ4v) is 11.8. The van der Waals surface area contributed by atoms with Crippen LogP contribution in [0.3, 0.4) is 0 Å². The van der Waals surface area contributed by atoms with Crippen LogP contribution in [0, 0.1) is 34.0 Å². The summed E-state index contributed by atoms with van der Waals surface area (Å²) in [5.41, 5.74) is 0.0318. The molecule has 0 aliphatic heterocycles. The third-order valence-electron chi connectivity index (χ3n) is 17.6. The highest BCUT2D eigenvalue weighted by molar-refractivity contribution is 5.96. The first kappa shape index (κ1) is 78.3. The lowest BCUT2D eigenvalue weighted by Gasteiger charge is -2.18. The van der Waals surface area contributed by atoms with Gasteiger partial charge in [0.05, 0.1) is 66.4 Å². The number of benzene rings is 6. The Morgan fingerprint density at radius 2 is 0.562 bits per heavy atom. The Kier molecular flexibility index (Phi) is 32.3. The van der Waals surface area contributed by atoms with Crippen LogP contribution in [0.5, 0.6) is 34.5 Å². The summed E-state index contributed by atoms with van der Waals surface area (Å²) >= 11 is 0. The summed E-state index contributed by atoms with van der Waals surface area (Å²) < 4.78 is 68.6. The maximum atomic E-state index is 13.0. The lowest BCUT2D eigenvalue weighted by atomic mass is 10.1. The van der Waals surface area contributed by atoms with E-state index >= 15 is 0 Å².